The molecule has 13 heteroatoms. The number of methoxy groups -OCH3 is 1. The average molecular weight is 812 g/mol. The minimum atomic E-state index is -3.86. The molecule has 0 radical (unpaired) electrons. The topological polar surface area (TPSA) is 156 Å². The van der Waals surface area contributed by atoms with E-state index in [0.29, 0.717) is 30.7 Å². The van der Waals surface area contributed by atoms with Gasteiger partial charge in [-0.2, -0.15) is 0 Å². The van der Waals surface area contributed by atoms with Crippen LogP contribution < -0.4 is 24.8 Å². The largest absolute Gasteiger partial charge is 0.496 e. The maximum Gasteiger partial charge on any atom is 0.259 e. The van der Waals surface area contributed by atoms with Gasteiger partial charge in [0.15, 0.2) is 0 Å². The molecule has 5 aliphatic rings. The van der Waals surface area contributed by atoms with Gasteiger partial charge in [0.05, 0.1) is 36.2 Å². The number of aryl methyl sites for hydroxylation is 1. The molecule has 3 aliphatic carbocycles. The number of carbonyl (C=O) groups excluding carboxylic acids is 3. The molecule has 8 rings (SSSR count). The maximum atomic E-state index is 15.0. The van der Waals surface area contributed by atoms with Crippen molar-refractivity contribution in [2.75, 3.05) is 20.2 Å². The Bertz CT molecular complexity index is 2140. The summed E-state index contributed by atoms with van der Waals surface area (Å²) < 4.78 is 40.8. The number of pyridine rings is 1. The van der Waals surface area contributed by atoms with Crippen molar-refractivity contribution in [2.45, 2.75) is 125 Å². The highest BCUT2D eigenvalue weighted by molar-refractivity contribution is 7.91. The quantitative estimate of drug-likeness (QED) is 0.222. The predicted molar refractivity (Wildman–Crippen MR) is 223 cm³/mol. The number of benzene rings is 2. The number of hydrogen-bond acceptors (Lipinski definition) is 9. The number of ether oxygens (including phenoxy) is 2. The van der Waals surface area contributed by atoms with Gasteiger partial charge in [-0.3, -0.25) is 19.1 Å². The summed E-state index contributed by atoms with van der Waals surface area (Å²) >= 11 is 0. The molecule has 0 unspecified atom stereocenters. The van der Waals surface area contributed by atoms with Crippen LogP contribution in [0.15, 0.2) is 61.2 Å². The lowest BCUT2D eigenvalue weighted by atomic mass is 9.83. The number of aromatic nitrogens is 1. The molecule has 1 aromatic heterocycles. The fourth-order valence-corrected chi connectivity index (χ4v) is 10.8. The van der Waals surface area contributed by atoms with Gasteiger partial charge in [-0.15, -0.1) is 6.58 Å². The number of amides is 3. The van der Waals surface area contributed by atoms with Crippen molar-refractivity contribution in [3.63, 3.8) is 0 Å². The first kappa shape index (κ1) is 40.3. The van der Waals surface area contributed by atoms with E-state index in [9.17, 15) is 22.8 Å². The summed E-state index contributed by atoms with van der Waals surface area (Å²) in [6, 6.07) is 14.5. The van der Waals surface area contributed by atoms with Crippen LogP contribution in [0.4, 0.5) is 0 Å². The van der Waals surface area contributed by atoms with E-state index in [-0.39, 0.29) is 31.2 Å². The van der Waals surface area contributed by atoms with Crippen LogP contribution in [-0.4, -0.2) is 85.2 Å². The van der Waals surface area contributed by atoms with Gasteiger partial charge in [0.1, 0.15) is 29.2 Å². The monoisotopic (exact) mass is 811 g/mol. The molecular formula is C45H57N5O7S. The Morgan fingerprint density at radius 2 is 1.74 bits per heavy atom. The summed E-state index contributed by atoms with van der Waals surface area (Å²) in [6.45, 7) is 4.72. The van der Waals surface area contributed by atoms with Crippen LogP contribution in [0, 0.1) is 11.8 Å². The molecule has 3 aromatic rings. The number of sulfonamides is 1. The standard InChI is InChI=1S/C45H57N5O7S/c1-3-32-27-45(32,44(53)49-58(54,55)34-20-21-34)48-42(51)38-24-33-28-50(38)43(52)41(30-17-12-8-13-18-30)46-22-14-6-4-5-9-19-31-23-35-37(26-39(31)56-2)47-36(25-40(35)57-33)29-15-10-7-11-16-29/h3,7,10-11,15-16,23,25-26,30,32-34,38,41,46H,1,4-6,8-9,12-14,17-22,24,27-28H2,2H3,(H,48,51)(H,49,53)/t32-,33+,38-,41+,45+/m0/s1. The summed E-state index contributed by atoms with van der Waals surface area (Å²) in [5.41, 5.74) is 1.96. The summed E-state index contributed by atoms with van der Waals surface area (Å²) in [5, 5.41) is 6.83. The lowest BCUT2D eigenvalue weighted by Crippen LogP contribution is -2.59. The third kappa shape index (κ3) is 8.48. The number of nitrogens with zero attached hydrogens (tertiary/aromatic N) is 2. The van der Waals surface area contributed by atoms with Gasteiger partial charge in [-0.25, -0.2) is 13.4 Å². The zero-order valence-electron chi connectivity index (χ0n) is 33.5. The second-order valence-corrected chi connectivity index (χ2v) is 19.0. The molecule has 0 spiro atoms. The lowest BCUT2D eigenvalue weighted by molar-refractivity contribution is -0.142. The van der Waals surface area contributed by atoms with E-state index in [1.807, 2.05) is 42.5 Å². The van der Waals surface area contributed by atoms with Crippen molar-refractivity contribution in [1.29, 1.82) is 0 Å². The molecule has 58 heavy (non-hydrogen) atoms. The molecule has 5 atom stereocenters. The zero-order valence-corrected chi connectivity index (χ0v) is 34.4. The Hall–Kier alpha value is -4.49. The first-order valence-electron chi connectivity index (χ1n) is 21.4. The summed E-state index contributed by atoms with van der Waals surface area (Å²) in [6.07, 6.45) is 13.5. The minimum Gasteiger partial charge on any atom is -0.496 e. The Kier molecular flexibility index (Phi) is 11.8. The minimum absolute atomic E-state index is 0.137. The summed E-state index contributed by atoms with van der Waals surface area (Å²) in [4.78, 5) is 50.0. The SMILES string of the molecule is C=C[C@H]1C[C@]1(NC(=O)[C@@H]1C[C@@H]2CN1C(=O)[C@@H](C1CCCCC1)NCCCCCCCc1cc3c(cc(-c4ccccc4)nc3cc1OC)O2)C(=O)NS(=O)(=O)C1CC1. The molecule has 3 amide bonds. The second kappa shape index (κ2) is 17.0. The molecular weight excluding hydrogens is 755 g/mol. The third-order valence-electron chi connectivity index (χ3n) is 13.0. The van der Waals surface area contributed by atoms with E-state index in [2.05, 4.69) is 28.0 Å². The van der Waals surface area contributed by atoms with E-state index < -0.39 is 56.7 Å². The predicted octanol–water partition coefficient (Wildman–Crippen LogP) is 5.97. The van der Waals surface area contributed by atoms with E-state index >= 15 is 0 Å². The van der Waals surface area contributed by atoms with Gasteiger partial charge in [0.2, 0.25) is 21.8 Å². The Labute approximate surface area is 342 Å². The van der Waals surface area contributed by atoms with Crippen molar-refractivity contribution < 1.29 is 32.3 Å². The van der Waals surface area contributed by atoms with Crippen LogP contribution in [0.25, 0.3) is 22.2 Å². The maximum absolute atomic E-state index is 15.0. The van der Waals surface area contributed by atoms with Gasteiger partial charge in [-0.1, -0.05) is 74.9 Å². The summed E-state index contributed by atoms with van der Waals surface area (Å²) in [7, 11) is -2.17. The van der Waals surface area contributed by atoms with E-state index in [4.69, 9.17) is 14.5 Å². The highest BCUT2D eigenvalue weighted by atomic mass is 32.2. The van der Waals surface area contributed by atoms with Crippen LogP contribution in [0.5, 0.6) is 11.5 Å². The van der Waals surface area contributed by atoms with E-state index in [0.717, 1.165) is 98.6 Å². The molecule has 4 bridgehead atoms. The zero-order chi connectivity index (χ0) is 40.4. The van der Waals surface area contributed by atoms with Crippen LogP contribution in [0.3, 0.4) is 0 Å². The molecule has 3 saturated carbocycles. The molecule has 12 nitrogen and oxygen atoms in total. The van der Waals surface area contributed by atoms with Crippen molar-refractivity contribution in [2.24, 2.45) is 11.8 Å². The number of hydrogen-bond donors (Lipinski definition) is 3. The number of nitrogens with one attached hydrogen (secondary N) is 3. The Morgan fingerprint density at radius 3 is 2.47 bits per heavy atom. The van der Waals surface area contributed by atoms with Gasteiger partial charge < -0.3 is 25.0 Å². The molecule has 3 heterocycles. The molecule has 3 N–H and O–H groups in total. The van der Waals surface area contributed by atoms with Gasteiger partial charge >= 0.3 is 0 Å². The number of rotatable bonds is 9. The smallest absolute Gasteiger partial charge is 0.259 e. The van der Waals surface area contributed by atoms with Gasteiger partial charge in [0, 0.05) is 35.4 Å². The van der Waals surface area contributed by atoms with Crippen LogP contribution >= 0.6 is 0 Å². The fourth-order valence-electron chi connectivity index (χ4n) is 9.41. The van der Waals surface area contributed by atoms with Gasteiger partial charge in [0.25, 0.3) is 5.91 Å². The van der Waals surface area contributed by atoms with Crippen molar-refractivity contribution in [1.82, 2.24) is 25.2 Å². The van der Waals surface area contributed by atoms with Crippen LogP contribution in [0.1, 0.15) is 95.5 Å². The second-order valence-electron chi connectivity index (χ2n) is 17.1. The highest BCUT2D eigenvalue weighted by Gasteiger charge is 2.62. The normalized spacial score (nSPS) is 27.3. The van der Waals surface area contributed by atoms with E-state index in [1.165, 1.54) is 0 Å². The van der Waals surface area contributed by atoms with Crippen molar-refractivity contribution in [3.8, 4) is 22.8 Å². The van der Waals surface area contributed by atoms with Gasteiger partial charge in [-0.05, 0) is 75.5 Å². The molecule has 2 aromatic carbocycles. The van der Waals surface area contributed by atoms with Crippen molar-refractivity contribution >= 4 is 38.6 Å². The first-order valence-corrected chi connectivity index (χ1v) is 22.9. The molecule has 4 fully saturated rings. The van der Waals surface area contributed by atoms with E-state index in [1.54, 1.807) is 18.1 Å². The highest BCUT2D eigenvalue weighted by Crippen LogP contribution is 2.46. The first-order chi connectivity index (χ1) is 28.1. The van der Waals surface area contributed by atoms with Crippen molar-refractivity contribution in [3.05, 3.63) is 66.7 Å². The molecule has 1 saturated heterocycles. The number of fused-ring (bicyclic) bond motifs is 3. The van der Waals surface area contributed by atoms with Crippen LogP contribution in [0.2, 0.25) is 0 Å². The fraction of sp³-hybridized carbons (Fsp3) is 0.556. The lowest BCUT2D eigenvalue weighted by Gasteiger charge is -2.35. The molecule has 2 aliphatic heterocycles. The Balaban J connectivity index is 1.16. The molecule has 310 valence electrons. The van der Waals surface area contributed by atoms with Crippen LogP contribution in [-0.2, 0) is 30.8 Å². The third-order valence-corrected chi connectivity index (χ3v) is 14.8. The summed E-state index contributed by atoms with van der Waals surface area (Å²) in [5.74, 6) is -0.339. The number of carbonyl (C=O) groups is 3. The Morgan fingerprint density at radius 1 is 1.00 bits per heavy atom. The average Bonchev–Trinajstić information content (AvgIpc) is 4.17.